The number of aromatic nitrogens is 4. The number of nitrogens with one attached hydrogen (secondary N) is 1. The van der Waals surface area contributed by atoms with Crippen LogP contribution in [0.1, 0.15) is 29.4 Å². The zero-order chi connectivity index (χ0) is 13.9. The highest BCUT2D eigenvalue weighted by Crippen LogP contribution is 2.17. The van der Waals surface area contributed by atoms with Gasteiger partial charge in [-0.05, 0) is 25.9 Å². The summed E-state index contributed by atoms with van der Waals surface area (Å²) in [6, 6.07) is 0.322. The summed E-state index contributed by atoms with van der Waals surface area (Å²) in [4.78, 5) is 16.8. The Morgan fingerprint density at radius 3 is 3.00 bits per heavy atom. The van der Waals surface area contributed by atoms with Crippen molar-refractivity contribution in [2.24, 2.45) is 12.0 Å². The van der Waals surface area contributed by atoms with Crippen LogP contribution in [0.2, 0.25) is 0 Å². The maximum Gasteiger partial charge on any atom is 0.301 e. The molecule has 0 saturated carbocycles. The average molecular weight is 292 g/mol. The van der Waals surface area contributed by atoms with Crippen LogP contribution < -0.4 is 10.1 Å². The van der Waals surface area contributed by atoms with E-state index in [9.17, 15) is 4.79 Å². The summed E-state index contributed by atoms with van der Waals surface area (Å²) in [6.07, 6.45) is 5.58. The monoisotopic (exact) mass is 292 g/mol. The third kappa shape index (κ3) is 2.70. The largest absolute Gasteiger partial charge is 0.327 e. The minimum atomic E-state index is -0.344. The number of aryl methyl sites for hydroxylation is 1. The van der Waals surface area contributed by atoms with Crippen LogP contribution in [0.25, 0.3) is 0 Å². The van der Waals surface area contributed by atoms with E-state index >= 15 is 0 Å². The molecule has 0 spiro atoms. The number of piperidine rings is 1. The fourth-order valence-corrected chi connectivity index (χ4v) is 2.93. The SMILES string of the molecule is Cn1ccsc1=NC(=O)c1cn(C2CCNCC2)nn1. The van der Waals surface area contributed by atoms with Crippen LogP contribution in [-0.2, 0) is 7.05 Å². The van der Waals surface area contributed by atoms with Gasteiger partial charge in [-0.25, -0.2) is 4.68 Å². The first-order valence-electron chi connectivity index (χ1n) is 6.56. The van der Waals surface area contributed by atoms with Gasteiger partial charge < -0.3 is 9.88 Å². The maximum absolute atomic E-state index is 12.1. The number of carbonyl (C=O) groups excluding carboxylic acids is 1. The predicted molar refractivity (Wildman–Crippen MR) is 74.3 cm³/mol. The number of rotatable bonds is 2. The van der Waals surface area contributed by atoms with Gasteiger partial charge in [0.1, 0.15) is 0 Å². The van der Waals surface area contributed by atoms with Crippen molar-refractivity contribution in [1.82, 2.24) is 24.9 Å². The highest BCUT2D eigenvalue weighted by Gasteiger charge is 2.18. The van der Waals surface area contributed by atoms with Gasteiger partial charge in [0.2, 0.25) is 0 Å². The second-order valence-electron chi connectivity index (χ2n) is 4.78. The minimum Gasteiger partial charge on any atom is -0.327 e. The molecule has 0 atom stereocenters. The topological polar surface area (TPSA) is 77.1 Å². The number of nitrogens with zero attached hydrogens (tertiary/aromatic N) is 5. The van der Waals surface area contributed by atoms with Crippen LogP contribution in [0, 0.1) is 0 Å². The Hall–Kier alpha value is -1.80. The molecule has 3 heterocycles. The van der Waals surface area contributed by atoms with Gasteiger partial charge in [-0.15, -0.1) is 16.4 Å². The van der Waals surface area contributed by atoms with E-state index in [1.165, 1.54) is 11.3 Å². The minimum absolute atomic E-state index is 0.303. The van der Waals surface area contributed by atoms with Crippen LogP contribution in [0.5, 0.6) is 0 Å². The quantitative estimate of drug-likeness (QED) is 0.866. The van der Waals surface area contributed by atoms with E-state index in [1.54, 1.807) is 15.4 Å². The van der Waals surface area contributed by atoms with Gasteiger partial charge >= 0.3 is 5.91 Å². The van der Waals surface area contributed by atoms with Gasteiger partial charge in [-0.2, -0.15) is 4.99 Å². The van der Waals surface area contributed by atoms with E-state index in [0.717, 1.165) is 25.9 Å². The molecule has 0 radical (unpaired) electrons. The molecule has 2 aromatic heterocycles. The molecule has 1 aliphatic heterocycles. The molecule has 8 heteroatoms. The van der Waals surface area contributed by atoms with E-state index in [-0.39, 0.29) is 5.91 Å². The molecule has 106 valence electrons. The van der Waals surface area contributed by atoms with Crippen molar-refractivity contribution in [3.8, 4) is 0 Å². The Morgan fingerprint density at radius 2 is 2.30 bits per heavy atom. The van der Waals surface area contributed by atoms with Crippen LogP contribution >= 0.6 is 11.3 Å². The van der Waals surface area contributed by atoms with Crippen molar-refractivity contribution in [2.45, 2.75) is 18.9 Å². The second kappa shape index (κ2) is 5.68. The van der Waals surface area contributed by atoms with Gasteiger partial charge in [0.25, 0.3) is 0 Å². The Balaban J connectivity index is 1.80. The molecule has 0 bridgehead atoms. The summed E-state index contributed by atoms with van der Waals surface area (Å²) in [5, 5.41) is 13.2. The first kappa shape index (κ1) is 13.2. The Bertz CT molecular complexity index is 663. The number of hydrogen-bond donors (Lipinski definition) is 1. The van der Waals surface area contributed by atoms with E-state index in [2.05, 4.69) is 20.6 Å². The molecule has 1 fully saturated rings. The smallest absolute Gasteiger partial charge is 0.301 e. The first-order valence-corrected chi connectivity index (χ1v) is 7.44. The number of hydrogen-bond acceptors (Lipinski definition) is 5. The van der Waals surface area contributed by atoms with Crippen molar-refractivity contribution in [3.05, 3.63) is 28.3 Å². The third-order valence-corrected chi connectivity index (χ3v) is 4.22. The number of thiazole rings is 1. The van der Waals surface area contributed by atoms with Gasteiger partial charge in [0, 0.05) is 18.6 Å². The van der Waals surface area contributed by atoms with E-state index in [0.29, 0.717) is 16.5 Å². The Kier molecular flexibility index (Phi) is 3.75. The molecule has 1 N–H and O–H groups in total. The van der Waals surface area contributed by atoms with Crippen molar-refractivity contribution >= 4 is 17.2 Å². The van der Waals surface area contributed by atoms with Gasteiger partial charge in [-0.3, -0.25) is 4.79 Å². The Labute approximate surface area is 120 Å². The lowest BCUT2D eigenvalue weighted by Gasteiger charge is -2.21. The fraction of sp³-hybridized carbons (Fsp3) is 0.500. The molecule has 1 saturated heterocycles. The van der Waals surface area contributed by atoms with Crippen molar-refractivity contribution in [3.63, 3.8) is 0 Å². The highest BCUT2D eigenvalue weighted by molar-refractivity contribution is 7.07. The normalized spacial score (nSPS) is 17.6. The fourth-order valence-electron chi connectivity index (χ4n) is 2.20. The molecule has 1 amide bonds. The summed E-state index contributed by atoms with van der Waals surface area (Å²) in [5.41, 5.74) is 0.303. The lowest BCUT2D eigenvalue weighted by Crippen LogP contribution is -2.29. The lowest BCUT2D eigenvalue weighted by atomic mass is 10.1. The van der Waals surface area contributed by atoms with Crippen LogP contribution in [0.15, 0.2) is 22.8 Å². The molecule has 20 heavy (non-hydrogen) atoms. The molecule has 7 nitrogen and oxygen atoms in total. The molecule has 3 rings (SSSR count). The highest BCUT2D eigenvalue weighted by atomic mass is 32.1. The maximum atomic E-state index is 12.1. The molecule has 0 aliphatic carbocycles. The molecule has 0 aromatic carbocycles. The van der Waals surface area contributed by atoms with Gasteiger partial charge in [0.15, 0.2) is 10.5 Å². The van der Waals surface area contributed by atoms with E-state index in [1.807, 2.05) is 18.6 Å². The first-order chi connectivity index (χ1) is 9.74. The predicted octanol–water partition coefficient (Wildman–Crippen LogP) is 0.344. The summed E-state index contributed by atoms with van der Waals surface area (Å²) < 4.78 is 3.60. The van der Waals surface area contributed by atoms with Crippen LogP contribution in [0.3, 0.4) is 0 Å². The second-order valence-corrected chi connectivity index (χ2v) is 5.65. The summed E-state index contributed by atoms with van der Waals surface area (Å²) >= 11 is 1.42. The summed E-state index contributed by atoms with van der Waals surface area (Å²) in [5.74, 6) is -0.344. The lowest BCUT2D eigenvalue weighted by molar-refractivity contribution is 0.0993. The standard InChI is InChI=1S/C12H16N6OS/c1-17-6-7-20-12(17)14-11(19)10-8-18(16-15-10)9-2-4-13-5-3-9/h6-9,13H,2-5H2,1H3. The third-order valence-electron chi connectivity index (χ3n) is 3.37. The zero-order valence-corrected chi connectivity index (χ0v) is 12.0. The molecular weight excluding hydrogens is 276 g/mol. The van der Waals surface area contributed by atoms with Crippen LogP contribution in [0.4, 0.5) is 0 Å². The number of carbonyl (C=O) groups is 1. The molecule has 2 aromatic rings. The van der Waals surface area contributed by atoms with Gasteiger partial charge in [-0.1, -0.05) is 5.21 Å². The zero-order valence-electron chi connectivity index (χ0n) is 11.2. The number of amides is 1. The Morgan fingerprint density at radius 1 is 1.50 bits per heavy atom. The molecule has 0 unspecified atom stereocenters. The van der Waals surface area contributed by atoms with Crippen molar-refractivity contribution < 1.29 is 4.79 Å². The van der Waals surface area contributed by atoms with E-state index in [4.69, 9.17) is 0 Å². The van der Waals surface area contributed by atoms with Crippen molar-refractivity contribution in [1.29, 1.82) is 0 Å². The van der Waals surface area contributed by atoms with Gasteiger partial charge in [0.05, 0.1) is 12.2 Å². The molecule has 1 aliphatic rings. The van der Waals surface area contributed by atoms with Crippen LogP contribution in [-0.4, -0.2) is 38.6 Å². The molecular formula is C12H16N6OS. The summed E-state index contributed by atoms with van der Waals surface area (Å²) in [6.45, 7) is 1.95. The summed E-state index contributed by atoms with van der Waals surface area (Å²) in [7, 11) is 1.86. The van der Waals surface area contributed by atoms with Crippen molar-refractivity contribution in [2.75, 3.05) is 13.1 Å². The van der Waals surface area contributed by atoms with E-state index < -0.39 is 0 Å². The average Bonchev–Trinajstić information content (AvgIpc) is 3.10.